The second kappa shape index (κ2) is 7.53. The van der Waals surface area contributed by atoms with Crippen LogP contribution in [-0.2, 0) is 42.2 Å². The largest absolute Gasteiger partial charge is 0.401 e. The monoisotopic (exact) mass is 326 g/mol. The van der Waals surface area contributed by atoms with Crippen LogP contribution in [0.5, 0.6) is 0 Å². The number of hydrogen-bond acceptors (Lipinski definition) is 9. The van der Waals surface area contributed by atoms with Crippen molar-refractivity contribution in [3.63, 3.8) is 0 Å². The first-order valence-electron chi connectivity index (χ1n) is 4.73. The van der Waals surface area contributed by atoms with Crippen molar-refractivity contribution in [2.45, 2.75) is 19.0 Å². The first kappa shape index (κ1) is 18.0. The van der Waals surface area contributed by atoms with Crippen LogP contribution in [0.2, 0.25) is 0 Å². The molecule has 0 aliphatic carbocycles. The Morgan fingerprint density at radius 1 is 1.11 bits per heavy atom. The van der Waals surface area contributed by atoms with Gasteiger partial charge in [0.05, 0.1) is 20.3 Å². The Hall–Kier alpha value is -0.0300. The van der Waals surface area contributed by atoms with Gasteiger partial charge in [0, 0.05) is 0 Å². The minimum absolute atomic E-state index is 0.0771. The molecule has 18 heavy (non-hydrogen) atoms. The van der Waals surface area contributed by atoms with Crippen molar-refractivity contribution in [2.75, 3.05) is 20.3 Å². The van der Waals surface area contributed by atoms with E-state index < -0.39 is 33.7 Å². The fourth-order valence-electron chi connectivity index (χ4n) is 0.788. The Bertz CT molecular complexity index is 467. The van der Waals surface area contributed by atoms with Crippen LogP contribution in [0.25, 0.3) is 0 Å². The van der Waals surface area contributed by atoms with Gasteiger partial charge < -0.3 is 4.52 Å². The molecule has 2 unspecified atom stereocenters. The van der Waals surface area contributed by atoms with Gasteiger partial charge in [-0.2, -0.15) is 16.8 Å². The predicted octanol–water partition coefficient (Wildman–Crippen LogP) is 0.0553. The van der Waals surface area contributed by atoms with Crippen LogP contribution >= 0.6 is 8.03 Å². The SMILES string of the molecule is CCO[PH](=O)C(OS(=O)(=O)OC)S(=O)(=O)OCC. The van der Waals surface area contributed by atoms with Crippen LogP contribution < -0.4 is 0 Å². The highest BCUT2D eigenvalue weighted by Crippen LogP contribution is 2.36. The van der Waals surface area contributed by atoms with Gasteiger partial charge in [-0.25, -0.2) is 4.18 Å². The van der Waals surface area contributed by atoms with E-state index in [-0.39, 0.29) is 13.2 Å². The highest BCUT2D eigenvalue weighted by Gasteiger charge is 2.38. The molecule has 0 saturated carbocycles. The molecule has 0 aromatic rings. The summed E-state index contributed by atoms with van der Waals surface area (Å²) in [6, 6.07) is 0. The molecule has 0 aliphatic heterocycles. The van der Waals surface area contributed by atoms with Crippen LogP contribution in [-0.4, -0.2) is 42.3 Å². The molecule has 0 saturated heterocycles. The van der Waals surface area contributed by atoms with Gasteiger partial charge in [0.1, 0.15) is 0 Å². The molecular weight excluding hydrogens is 311 g/mol. The molecule has 0 spiro atoms. The minimum atomic E-state index is -4.60. The zero-order chi connectivity index (χ0) is 14.4. The normalized spacial score (nSPS) is 16.4. The fraction of sp³-hybridized carbons (Fsp3) is 1.00. The lowest BCUT2D eigenvalue weighted by molar-refractivity contribution is 0.222. The van der Waals surface area contributed by atoms with Gasteiger partial charge in [0.15, 0.2) is 0 Å². The van der Waals surface area contributed by atoms with Gasteiger partial charge in [-0.15, -0.1) is 0 Å². The molecule has 0 N–H and O–H groups in total. The lowest BCUT2D eigenvalue weighted by Gasteiger charge is -2.15. The van der Waals surface area contributed by atoms with Gasteiger partial charge in [0.25, 0.3) is 5.18 Å². The van der Waals surface area contributed by atoms with Crippen LogP contribution in [0.15, 0.2) is 0 Å². The molecule has 12 heteroatoms. The summed E-state index contributed by atoms with van der Waals surface area (Å²) in [6.45, 7) is 2.47. The summed E-state index contributed by atoms with van der Waals surface area (Å²) < 4.78 is 73.6. The van der Waals surface area contributed by atoms with E-state index in [1.165, 1.54) is 13.8 Å². The fourth-order valence-corrected chi connectivity index (χ4v) is 4.65. The van der Waals surface area contributed by atoms with E-state index in [1.54, 1.807) is 0 Å². The molecule has 0 heterocycles. The summed E-state index contributed by atoms with van der Waals surface area (Å²) in [7, 11) is -11.7. The topological polar surface area (TPSA) is 122 Å². The molecule has 0 radical (unpaired) electrons. The van der Waals surface area contributed by atoms with E-state index in [1.807, 2.05) is 0 Å². The Labute approximate surface area is 107 Å². The van der Waals surface area contributed by atoms with Gasteiger partial charge in [-0.1, -0.05) is 0 Å². The van der Waals surface area contributed by atoms with Crippen LogP contribution in [0.4, 0.5) is 0 Å². The molecule has 0 fully saturated rings. The van der Waals surface area contributed by atoms with E-state index in [0.717, 1.165) is 7.11 Å². The summed E-state index contributed by atoms with van der Waals surface area (Å²) in [5.74, 6) is 0. The molecule has 2 atom stereocenters. The quantitative estimate of drug-likeness (QED) is 0.427. The van der Waals surface area contributed by atoms with Crippen molar-refractivity contribution in [2.24, 2.45) is 0 Å². The molecule has 0 aromatic heterocycles. The zero-order valence-electron chi connectivity index (χ0n) is 9.98. The number of rotatable bonds is 9. The Morgan fingerprint density at radius 2 is 1.67 bits per heavy atom. The highest BCUT2D eigenvalue weighted by atomic mass is 32.3. The first-order valence-corrected chi connectivity index (χ1v) is 8.93. The van der Waals surface area contributed by atoms with Gasteiger partial charge in [0.2, 0.25) is 8.03 Å². The Morgan fingerprint density at radius 3 is 2.06 bits per heavy atom. The van der Waals surface area contributed by atoms with E-state index >= 15 is 0 Å². The second-order valence-corrected chi connectivity index (χ2v) is 7.52. The molecule has 0 aromatic carbocycles. The third-order valence-electron chi connectivity index (χ3n) is 1.43. The van der Waals surface area contributed by atoms with Crippen molar-refractivity contribution in [1.82, 2.24) is 0 Å². The lowest BCUT2D eigenvalue weighted by atomic mass is 10.9. The third-order valence-corrected chi connectivity index (χ3v) is 6.27. The number of hydrogen-bond donors (Lipinski definition) is 0. The van der Waals surface area contributed by atoms with Crippen LogP contribution in [0.3, 0.4) is 0 Å². The molecule has 0 aliphatic rings. The Kier molecular flexibility index (Phi) is 7.52. The lowest BCUT2D eigenvalue weighted by Crippen LogP contribution is -2.27. The molecule has 110 valence electrons. The maximum Gasteiger partial charge on any atom is 0.401 e. The van der Waals surface area contributed by atoms with E-state index in [4.69, 9.17) is 0 Å². The summed E-state index contributed by atoms with van der Waals surface area (Å²) in [5, 5.41) is -2.27. The Balaban J connectivity index is 5.26. The van der Waals surface area contributed by atoms with Crippen molar-refractivity contribution in [3.8, 4) is 0 Å². The highest BCUT2D eigenvalue weighted by molar-refractivity contribution is 7.93. The molecule has 0 rings (SSSR count). The van der Waals surface area contributed by atoms with E-state index in [0.29, 0.717) is 0 Å². The van der Waals surface area contributed by atoms with Crippen molar-refractivity contribution < 1.29 is 38.5 Å². The average Bonchev–Trinajstić information content (AvgIpc) is 2.26. The van der Waals surface area contributed by atoms with Gasteiger partial charge in [-0.05, 0) is 13.8 Å². The smallest absolute Gasteiger partial charge is 0.328 e. The maximum absolute atomic E-state index is 11.5. The summed E-state index contributed by atoms with van der Waals surface area (Å²) >= 11 is 0. The summed E-state index contributed by atoms with van der Waals surface area (Å²) in [6.07, 6.45) is 0. The van der Waals surface area contributed by atoms with E-state index in [9.17, 15) is 21.4 Å². The maximum atomic E-state index is 11.5. The predicted molar refractivity (Wildman–Crippen MR) is 62.0 cm³/mol. The minimum Gasteiger partial charge on any atom is -0.328 e. The zero-order valence-corrected chi connectivity index (χ0v) is 12.6. The van der Waals surface area contributed by atoms with Crippen molar-refractivity contribution in [1.29, 1.82) is 0 Å². The third kappa shape index (κ3) is 5.74. The standard InChI is InChI=1S/C6H15O9PS2/c1-4-13-16(7)6(15-18(10,11)12-3)17(8,9)14-5-2/h6,16H,4-5H2,1-3H3. The molecular formula is C6H15O9PS2. The van der Waals surface area contributed by atoms with Gasteiger partial charge >= 0.3 is 20.5 Å². The average molecular weight is 326 g/mol. The van der Waals surface area contributed by atoms with Crippen LogP contribution in [0, 0.1) is 0 Å². The summed E-state index contributed by atoms with van der Waals surface area (Å²) in [5.41, 5.74) is 0. The molecule has 9 nitrogen and oxygen atoms in total. The van der Waals surface area contributed by atoms with Crippen molar-refractivity contribution >= 4 is 28.5 Å². The summed E-state index contributed by atoms with van der Waals surface area (Å²) in [4.78, 5) is 0. The van der Waals surface area contributed by atoms with Crippen molar-refractivity contribution in [3.05, 3.63) is 0 Å². The van der Waals surface area contributed by atoms with Gasteiger partial charge in [-0.3, -0.25) is 12.9 Å². The van der Waals surface area contributed by atoms with Crippen LogP contribution in [0.1, 0.15) is 13.8 Å². The molecule has 0 amide bonds. The second-order valence-electron chi connectivity index (χ2n) is 2.65. The molecule has 0 bridgehead atoms. The first-order chi connectivity index (χ1) is 8.20. The van der Waals surface area contributed by atoms with E-state index in [2.05, 4.69) is 17.1 Å².